The Morgan fingerprint density at radius 1 is 0.339 bits per heavy atom. The molecule has 0 aliphatic heterocycles. The van der Waals surface area contributed by atoms with Crippen LogP contribution in [-0.2, 0) is 0 Å². The average molecular weight is 760 g/mol. The summed E-state index contributed by atoms with van der Waals surface area (Å²) in [6.45, 7) is 6.40. The number of nitrogens with zero attached hydrogens (tertiary/aromatic N) is 5. The van der Waals surface area contributed by atoms with E-state index in [1.165, 1.54) is 38.6 Å². The van der Waals surface area contributed by atoms with E-state index in [4.69, 9.17) is 15.0 Å². The van der Waals surface area contributed by atoms with Gasteiger partial charge in [-0.3, -0.25) is 0 Å². The molecule has 8 aromatic carbocycles. The number of fused-ring (bicyclic) bond motifs is 3. The maximum absolute atomic E-state index is 4.99. The largest absolute Gasteiger partial charge is 0.310 e. The number of anilines is 3. The van der Waals surface area contributed by atoms with Crippen molar-refractivity contribution in [3.8, 4) is 51.0 Å². The van der Waals surface area contributed by atoms with Gasteiger partial charge in [-0.05, 0) is 111 Å². The van der Waals surface area contributed by atoms with E-state index in [-0.39, 0.29) is 0 Å². The highest BCUT2D eigenvalue weighted by Gasteiger charge is 2.19. The summed E-state index contributed by atoms with van der Waals surface area (Å²) in [6.07, 6.45) is 0. The molecule has 10 aromatic rings. The zero-order valence-electron chi connectivity index (χ0n) is 33.2. The summed E-state index contributed by atoms with van der Waals surface area (Å²) < 4.78 is 2.37. The van der Waals surface area contributed by atoms with Crippen LogP contribution in [0.4, 0.5) is 17.1 Å². The van der Waals surface area contributed by atoms with Gasteiger partial charge in [-0.25, -0.2) is 15.0 Å². The molecule has 10 rings (SSSR count). The summed E-state index contributed by atoms with van der Waals surface area (Å²) in [5.74, 6) is 1.92. The second-order valence-electron chi connectivity index (χ2n) is 15.2. The van der Waals surface area contributed by atoms with Gasteiger partial charge in [-0.15, -0.1) is 0 Å². The number of hydrogen-bond donors (Lipinski definition) is 0. The molecule has 282 valence electrons. The first-order valence-electron chi connectivity index (χ1n) is 20.0. The van der Waals surface area contributed by atoms with Crippen molar-refractivity contribution < 1.29 is 0 Å². The van der Waals surface area contributed by atoms with Gasteiger partial charge in [0.15, 0.2) is 17.5 Å². The van der Waals surface area contributed by atoms with Crippen LogP contribution < -0.4 is 4.90 Å². The van der Waals surface area contributed by atoms with Crippen LogP contribution in [0.2, 0.25) is 0 Å². The van der Waals surface area contributed by atoms with Gasteiger partial charge in [0.1, 0.15) is 0 Å². The molecule has 0 fully saturated rings. The van der Waals surface area contributed by atoms with E-state index in [1.807, 2.05) is 60.7 Å². The first-order chi connectivity index (χ1) is 28.9. The van der Waals surface area contributed by atoms with Crippen LogP contribution in [0.1, 0.15) is 16.7 Å². The van der Waals surface area contributed by atoms with E-state index in [2.05, 4.69) is 164 Å². The quantitative estimate of drug-likeness (QED) is 0.155. The van der Waals surface area contributed by atoms with E-state index in [9.17, 15) is 0 Å². The molecular weight excluding hydrogens is 719 g/mol. The minimum atomic E-state index is 0.631. The van der Waals surface area contributed by atoms with Gasteiger partial charge in [0.2, 0.25) is 0 Å². The lowest BCUT2D eigenvalue weighted by molar-refractivity contribution is 1.07. The Balaban J connectivity index is 1.13. The van der Waals surface area contributed by atoms with Gasteiger partial charge < -0.3 is 9.47 Å². The van der Waals surface area contributed by atoms with Crippen molar-refractivity contribution in [3.05, 3.63) is 211 Å². The molecule has 2 aromatic heterocycles. The van der Waals surface area contributed by atoms with E-state index in [0.29, 0.717) is 17.5 Å². The summed E-state index contributed by atoms with van der Waals surface area (Å²) in [7, 11) is 0. The predicted octanol–water partition coefficient (Wildman–Crippen LogP) is 14.0. The SMILES string of the molecule is Cc1ccc(-c2ccc3c(c2)c2cc(N(c4ccc(C)cc4)c4ccc(C)cc4)ccc2n3-c2ccc(-c3nc(-c4ccccc4)nc(-c4ccccc4)n3)cc2)cc1. The van der Waals surface area contributed by atoms with Crippen molar-refractivity contribution in [2.75, 3.05) is 4.90 Å². The third-order valence-corrected chi connectivity index (χ3v) is 11.1. The second-order valence-corrected chi connectivity index (χ2v) is 15.2. The zero-order chi connectivity index (χ0) is 39.9. The minimum absolute atomic E-state index is 0.631. The standard InChI is InChI=1S/C54H41N5/c1-36-14-20-39(21-15-36)43-24-32-50-48(34-43)49-35-47(58(44-25-16-37(2)17-26-44)45-27-18-38(3)19-28-45)31-33-51(49)59(50)46-29-22-42(23-30-46)54-56-52(40-10-6-4-7-11-40)55-53(57-54)41-12-8-5-9-13-41/h4-35H,1-3H3. The molecule has 0 N–H and O–H groups in total. The molecule has 0 saturated carbocycles. The lowest BCUT2D eigenvalue weighted by Crippen LogP contribution is -2.10. The van der Waals surface area contributed by atoms with Gasteiger partial charge >= 0.3 is 0 Å². The first-order valence-corrected chi connectivity index (χ1v) is 20.0. The topological polar surface area (TPSA) is 46.8 Å². The van der Waals surface area contributed by atoms with Crippen LogP contribution in [0.15, 0.2) is 194 Å². The fourth-order valence-electron chi connectivity index (χ4n) is 7.89. The van der Waals surface area contributed by atoms with Crippen LogP contribution in [0.25, 0.3) is 72.8 Å². The van der Waals surface area contributed by atoms with Gasteiger partial charge in [-0.2, -0.15) is 0 Å². The minimum Gasteiger partial charge on any atom is -0.310 e. The predicted molar refractivity (Wildman–Crippen MR) is 245 cm³/mol. The monoisotopic (exact) mass is 759 g/mol. The Morgan fingerprint density at radius 2 is 0.729 bits per heavy atom. The lowest BCUT2D eigenvalue weighted by atomic mass is 10.0. The van der Waals surface area contributed by atoms with E-state index < -0.39 is 0 Å². The van der Waals surface area contributed by atoms with Gasteiger partial charge in [0.25, 0.3) is 0 Å². The highest BCUT2D eigenvalue weighted by atomic mass is 15.1. The molecule has 0 radical (unpaired) electrons. The molecule has 0 unspecified atom stereocenters. The first kappa shape index (κ1) is 35.8. The van der Waals surface area contributed by atoms with Crippen LogP contribution in [0.5, 0.6) is 0 Å². The van der Waals surface area contributed by atoms with Crippen LogP contribution in [0, 0.1) is 20.8 Å². The Bertz CT molecular complexity index is 2980. The van der Waals surface area contributed by atoms with Crippen LogP contribution in [-0.4, -0.2) is 19.5 Å². The van der Waals surface area contributed by atoms with Crippen LogP contribution >= 0.6 is 0 Å². The number of aryl methyl sites for hydroxylation is 3. The molecule has 5 nitrogen and oxygen atoms in total. The molecule has 0 amide bonds. The van der Waals surface area contributed by atoms with Crippen LogP contribution in [0.3, 0.4) is 0 Å². The Hall–Kier alpha value is -7.63. The van der Waals surface area contributed by atoms with E-state index in [1.54, 1.807) is 0 Å². The lowest BCUT2D eigenvalue weighted by Gasteiger charge is -2.26. The molecule has 0 bridgehead atoms. The normalized spacial score (nSPS) is 11.3. The highest BCUT2D eigenvalue weighted by Crippen LogP contribution is 2.41. The number of benzene rings is 8. The van der Waals surface area contributed by atoms with Gasteiger partial charge in [-0.1, -0.05) is 132 Å². The van der Waals surface area contributed by atoms with Crippen molar-refractivity contribution in [3.63, 3.8) is 0 Å². The van der Waals surface area contributed by atoms with Crippen molar-refractivity contribution in [2.45, 2.75) is 20.8 Å². The smallest absolute Gasteiger partial charge is 0.164 e. The van der Waals surface area contributed by atoms with E-state index in [0.717, 1.165) is 50.5 Å². The third kappa shape index (κ3) is 6.93. The molecular formula is C54H41N5. The molecule has 59 heavy (non-hydrogen) atoms. The fourth-order valence-corrected chi connectivity index (χ4v) is 7.89. The van der Waals surface area contributed by atoms with Crippen molar-refractivity contribution in [1.82, 2.24) is 19.5 Å². The maximum atomic E-state index is 4.99. The number of aromatic nitrogens is 4. The molecule has 0 spiro atoms. The number of hydrogen-bond acceptors (Lipinski definition) is 4. The molecule has 2 heterocycles. The van der Waals surface area contributed by atoms with Crippen molar-refractivity contribution in [2.24, 2.45) is 0 Å². The Morgan fingerprint density at radius 3 is 1.24 bits per heavy atom. The second kappa shape index (κ2) is 15.0. The zero-order valence-corrected chi connectivity index (χ0v) is 33.2. The van der Waals surface area contributed by atoms with Crippen molar-refractivity contribution >= 4 is 38.9 Å². The molecule has 0 aliphatic carbocycles. The Kier molecular flexibility index (Phi) is 9.11. The summed E-state index contributed by atoms with van der Waals surface area (Å²) in [4.78, 5) is 17.2. The molecule has 0 saturated heterocycles. The third-order valence-electron chi connectivity index (χ3n) is 11.1. The number of rotatable bonds is 8. The molecule has 0 atom stereocenters. The van der Waals surface area contributed by atoms with E-state index >= 15 is 0 Å². The summed E-state index contributed by atoms with van der Waals surface area (Å²) in [6, 6.07) is 68.8. The maximum Gasteiger partial charge on any atom is 0.164 e. The molecule has 5 heteroatoms. The van der Waals surface area contributed by atoms with Gasteiger partial charge in [0, 0.05) is 50.2 Å². The average Bonchev–Trinajstić information content (AvgIpc) is 3.61. The summed E-state index contributed by atoms with van der Waals surface area (Å²) in [5.41, 5.74) is 15.5. The fraction of sp³-hybridized carbons (Fsp3) is 0.0556. The highest BCUT2D eigenvalue weighted by molar-refractivity contribution is 6.12. The molecule has 0 aliphatic rings. The van der Waals surface area contributed by atoms with Crippen molar-refractivity contribution in [1.29, 1.82) is 0 Å². The summed E-state index contributed by atoms with van der Waals surface area (Å²) in [5, 5.41) is 2.37. The Labute approximate surface area is 344 Å². The summed E-state index contributed by atoms with van der Waals surface area (Å²) >= 11 is 0. The van der Waals surface area contributed by atoms with Gasteiger partial charge in [0.05, 0.1) is 11.0 Å².